The number of rotatable bonds is 18. The molecular formula is C69H83FN12O10S. The minimum Gasteiger partial charge on any atom is -0.468 e. The van der Waals surface area contributed by atoms with Crippen LogP contribution in [0.1, 0.15) is 122 Å². The maximum atomic E-state index is 17.7. The van der Waals surface area contributed by atoms with Gasteiger partial charge in [0.15, 0.2) is 24.2 Å². The van der Waals surface area contributed by atoms with E-state index in [9.17, 15) is 19.2 Å². The number of likely N-dealkylation sites (tertiary alicyclic amines) is 1. The number of nitrogens with zero attached hydrogens (tertiary/aromatic N) is 11. The van der Waals surface area contributed by atoms with Crippen molar-refractivity contribution in [1.29, 1.82) is 0 Å². The van der Waals surface area contributed by atoms with Gasteiger partial charge in [0.05, 0.1) is 45.1 Å². The molecule has 6 aliphatic heterocycles. The lowest BCUT2D eigenvalue weighted by Crippen LogP contribution is -2.57. The summed E-state index contributed by atoms with van der Waals surface area (Å²) in [4.78, 5) is 87.8. The molecule has 4 aromatic heterocycles. The number of piperazine rings is 2. The Bertz CT molecular complexity index is 3900. The predicted molar refractivity (Wildman–Crippen MR) is 350 cm³/mol. The smallest absolute Gasteiger partial charge is 0.410 e. The number of benzene rings is 3. The molecule has 1 N–H and O–H groups in total. The number of hydrogen-bond acceptors (Lipinski definition) is 19. The van der Waals surface area contributed by atoms with Gasteiger partial charge >= 0.3 is 18.2 Å². The van der Waals surface area contributed by atoms with Gasteiger partial charge in [-0.1, -0.05) is 67.5 Å². The van der Waals surface area contributed by atoms with Crippen LogP contribution in [-0.4, -0.2) is 183 Å². The monoisotopic (exact) mass is 1290 g/mol. The topological polar surface area (TPSA) is 223 Å². The average Bonchev–Trinajstić information content (AvgIpc) is 1.35. The molecule has 0 spiro atoms. The van der Waals surface area contributed by atoms with Crippen LogP contribution in [0.25, 0.3) is 43.4 Å². The van der Waals surface area contributed by atoms with Crippen LogP contribution in [0.4, 0.5) is 25.6 Å². The first kappa shape index (κ1) is 63.5. The van der Waals surface area contributed by atoms with E-state index < -0.39 is 28.9 Å². The summed E-state index contributed by atoms with van der Waals surface area (Å²) >= 11 is 1.60. The van der Waals surface area contributed by atoms with E-state index in [-0.39, 0.29) is 91.3 Å². The van der Waals surface area contributed by atoms with E-state index in [1.165, 1.54) is 0 Å². The number of amides is 4. The van der Waals surface area contributed by atoms with Gasteiger partial charge in [0, 0.05) is 76.8 Å². The van der Waals surface area contributed by atoms with Gasteiger partial charge in [-0.25, -0.2) is 19.0 Å². The number of carbonyl (C=O) groups excluding carboxylic acids is 4. The first-order valence-corrected chi connectivity index (χ1v) is 33.6. The molecule has 6 aliphatic rings. The Morgan fingerprint density at radius 3 is 2.34 bits per heavy atom. The molecule has 6 unspecified atom stereocenters. The maximum absolute atomic E-state index is 17.7. The number of aromatic nitrogens is 5. The van der Waals surface area contributed by atoms with Crippen molar-refractivity contribution in [1.82, 2.24) is 50.0 Å². The standard InChI is InChI=1S/C69H83FN12O10S/c1-41(2)57(64(84)80-25-11-15-54(80)63(83)73-42(3)44-16-18-45(19-17-44)61-43(4)72-39-93-61)55-33-56(76-92-55)77-27-29-78(30-28-77)66(85)88-37-49-22-24-69(23-12-26-81(49)69)38-89-65-74-60-53(62(75-65)79-35-47-20-21-48(36-79)82(47)67(86)91-68(5,6)7)34-71-59(58(60)70)52-32-50(90-40-87-8)31-46-13-9-10-14-51(46)52/h9-10,13-14,16-19,31-34,39,41-42,47-49,54,57H,11-12,15,20-30,35-38,40H2,1-8H3,(H,73,83)/t42?,47?,48?,49-,54?,57?,69?/m1/s1. The lowest BCUT2D eigenvalue weighted by molar-refractivity contribution is -0.141. The fraction of sp³-hybridized carbons (Fsp3) is 0.522. The fourth-order valence-corrected chi connectivity index (χ4v) is 15.8. The molecule has 93 heavy (non-hydrogen) atoms. The van der Waals surface area contributed by atoms with E-state index in [1.807, 2.05) is 107 Å². The summed E-state index contributed by atoms with van der Waals surface area (Å²) in [6.07, 6.45) is 7.12. The van der Waals surface area contributed by atoms with Crippen LogP contribution in [0.2, 0.25) is 0 Å². The number of fused-ring (bicyclic) bond motifs is 5. The molecule has 7 aromatic rings. The molecule has 2 bridgehead atoms. The van der Waals surface area contributed by atoms with Crippen LogP contribution >= 0.6 is 11.3 Å². The van der Waals surface area contributed by atoms with Crippen LogP contribution in [0.5, 0.6) is 11.8 Å². The van der Waals surface area contributed by atoms with E-state index in [4.69, 9.17) is 43.2 Å². The summed E-state index contributed by atoms with van der Waals surface area (Å²) in [5.41, 5.74) is 4.53. The zero-order valence-electron chi connectivity index (χ0n) is 54.3. The summed E-state index contributed by atoms with van der Waals surface area (Å²) in [7, 11) is 1.54. The molecule has 6 fully saturated rings. The zero-order chi connectivity index (χ0) is 64.9. The number of methoxy groups -OCH3 is 1. The normalized spacial score (nSPS) is 22.2. The van der Waals surface area contributed by atoms with Gasteiger partial charge in [0.2, 0.25) is 11.8 Å². The highest BCUT2D eigenvalue weighted by molar-refractivity contribution is 7.13. The molecule has 3 aromatic carbocycles. The second kappa shape index (κ2) is 26.3. The van der Waals surface area contributed by atoms with Crippen molar-refractivity contribution < 1.29 is 51.8 Å². The van der Waals surface area contributed by atoms with Crippen LogP contribution in [0.3, 0.4) is 0 Å². The van der Waals surface area contributed by atoms with Gasteiger partial charge in [0.1, 0.15) is 53.6 Å². The Morgan fingerprint density at radius 2 is 1.61 bits per heavy atom. The fourth-order valence-electron chi connectivity index (χ4n) is 14.9. The number of thiazole rings is 1. The molecule has 0 radical (unpaired) electrons. The molecule has 4 amide bonds. The number of aryl methyl sites for hydroxylation is 1. The third-order valence-electron chi connectivity index (χ3n) is 19.6. The number of nitrogens with one attached hydrogen (secondary N) is 1. The highest BCUT2D eigenvalue weighted by atomic mass is 32.1. The zero-order valence-corrected chi connectivity index (χ0v) is 55.1. The highest BCUT2D eigenvalue weighted by Gasteiger charge is 2.51. The van der Waals surface area contributed by atoms with E-state index in [0.717, 1.165) is 77.5 Å². The van der Waals surface area contributed by atoms with Crippen molar-refractivity contribution in [3.05, 3.63) is 101 Å². The van der Waals surface area contributed by atoms with Gasteiger partial charge in [0.25, 0.3) is 0 Å². The highest BCUT2D eigenvalue weighted by Crippen LogP contribution is 2.45. The van der Waals surface area contributed by atoms with Gasteiger partial charge in [-0.15, -0.1) is 11.3 Å². The van der Waals surface area contributed by atoms with E-state index >= 15 is 4.39 Å². The summed E-state index contributed by atoms with van der Waals surface area (Å²) in [6, 6.07) is 20.2. The first-order valence-electron chi connectivity index (χ1n) is 32.7. The van der Waals surface area contributed by atoms with Crippen LogP contribution < -0.4 is 24.6 Å². The third-order valence-corrected chi connectivity index (χ3v) is 20.6. The van der Waals surface area contributed by atoms with Gasteiger partial charge in [-0.05, 0) is 132 Å². The van der Waals surface area contributed by atoms with Gasteiger partial charge in [-0.3, -0.25) is 24.4 Å². The molecule has 0 saturated carbocycles. The molecule has 22 nitrogen and oxygen atoms in total. The summed E-state index contributed by atoms with van der Waals surface area (Å²) < 4.78 is 53.4. The summed E-state index contributed by atoms with van der Waals surface area (Å²) in [6.45, 7) is 17.9. The van der Waals surface area contributed by atoms with Crippen molar-refractivity contribution in [2.24, 2.45) is 5.92 Å². The summed E-state index contributed by atoms with van der Waals surface area (Å²) in [5.74, 6) is 0.245. The minimum absolute atomic E-state index is 0.00891. The third kappa shape index (κ3) is 12.9. The van der Waals surface area contributed by atoms with E-state index in [2.05, 4.69) is 42.3 Å². The van der Waals surface area contributed by atoms with E-state index in [0.29, 0.717) is 92.8 Å². The lowest BCUT2D eigenvalue weighted by Gasteiger charge is -2.42. The van der Waals surface area contributed by atoms with Gasteiger partial charge in [-0.2, -0.15) is 9.97 Å². The number of anilines is 2. The van der Waals surface area contributed by atoms with Crippen molar-refractivity contribution in [2.75, 3.05) is 89.3 Å². The predicted octanol–water partition coefficient (Wildman–Crippen LogP) is 10.9. The minimum atomic E-state index is -0.653. The molecule has 24 heteroatoms. The molecule has 13 rings (SSSR count). The number of hydrogen-bond donors (Lipinski definition) is 1. The Kier molecular flexibility index (Phi) is 18.0. The second-order valence-electron chi connectivity index (χ2n) is 27.1. The molecular weight excluding hydrogens is 1210 g/mol. The second-order valence-corrected chi connectivity index (χ2v) is 28.0. The first-order chi connectivity index (χ1) is 44.8. The van der Waals surface area contributed by atoms with Gasteiger partial charge < -0.3 is 53.1 Å². The van der Waals surface area contributed by atoms with Crippen LogP contribution in [-0.2, 0) is 23.8 Å². The van der Waals surface area contributed by atoms with Crippen LogP contribution in [0, 0.1) is 18.7 Å². The van der Waals surface area contributed by atoms with E-state index in [1.54, 1.807) is 40.5 Å². The van der Waals surface area contributed by atoms with Crippen molar-refractivity contribution in [3.8, 4) is 33.5 Å². The quantitative estimate of drug-likeness (QED) is 0.0789. The maximum Gasteiger partial charge on any atom is 0.410 e. The molecule has 492 valence electrons. The number of halogens is 1. The Morgan fingerprint density at radius 1 is 0.839 bits per heavy atom. The summed E-state index contributed by atoms with van der Waals surface area (Å²) in [5, 5.41) is 9.66. The van der Waals surface area contributed by atoms with Crippen molar-refractivity contribution in [2.45, 2.75) is 147 Å². The number of carbonyl (C=O) groups is 4. The number of ether oxygens (including phenoxy) is 5. The molecule has 6 saturated heterocycles. The lowest BCUT2D eigenvalue weighted by atomic mass is 9.91. The average molecular weight is 1290 g/mol. The number of pyridine rings is 1. The molecule has 7 atom stereocenters. The Labute approximate surface area is 545 Å². The largest absolute Gasteiger partial charge is 0.468 e. The molecule has 10 heterocycles. The van der Waals surface area contributed by atoms with Crippen molar-refractivity contribution >= 4 is 68.6 Å². The molecule has 0 aliphatic carbocycles. The Hall–Kier alpha value is -8.22. The van der Waals surface area contributed by atoms with Crippen LogP contribution in [0.15, 0.2) is 83.0 Å². The van der Waals surface area contributed by atoms with Crippen molar-refractivity contribution in [3.63, 3.8) is 0 Å². The SMILES string of the molecule is COCOc1cc(-c2ncc3c(N4CC5CCC(C4)N5C(=O)OC(C)(C)C)nc(OCC45CCCN4[C@@H](COC(=O)N4CCN(c6cc(C(C(=O)N7CCCC7C(=O)NC(C)c7ccc(-c8scnc8C)cc7)C(C)C)on6)CC4)CC5)nc3c2F)c2ccccc2c1. The Balaban J connectivity index is 0.646.